The van der Waals surface area contributed by atoms with Gasteiger partial charge in [0, 0.05) is 103 Å². The van der Waals surface area contributed by atoms with E-state index in [0.717, 1.165) is 56.9 Å². The van der Waals surface area contributed by atoms with Gasteiger partial charge in [0.15, 0.2) is 0 Å². The van der Waals surface area contributed by atoms with Gasteiger partial charge in [0.2, 0.25) is 0 Å². The molecule has 0 spiro atoms. The Morgan fingerprint density at radius 2 is 0.348 bits per heavy atom. The molecule has 0 unspecified atom stereocenters. The van der Waals surface area contributed by atoms with Crippen LogP contribution in [0.5, 0.6) is 0 Å². The third-order valence-corrected chi connectivity index (χ3v) is 5.72. The summed E-state index contributed by atoms with van der Waals surface area (Å²) in [5.41, 5.74) is 9.38. The number of aryl methyl sites for hydroxylation is 10. The van der Waals surface area contributed by atoms with Gasteiger partial charge < -0.3 is 63.1 Å². The molecule has 46 heavy (non-hydrogen) atoms. The van der Waals surface area contributed by atoms with Gasteiger partial charge in [-0.05, 0) is 99.6 Å². The molecule has 0 saturated carbocycles. The minimum absolute atomic E-state index is 0. The fourth-order valence-corrected chi connectivity index (χ4v) is 4.91. The van der Waals surface area contributed by atoms with Gasteiger partial charge in [0.05, 0.1) is 0 Å². The maximum Gasteiger partial charge on any atom is 0.0390 e. The van der Waals surface area contributed by atoms with Gasteiger partial charge in [-0.1, -0.05) is 0 Å². The quantitative estimate of drug-likeness (QED) is 0.153. The zero-order chi connectivity index (χ0) is 34.3. The molecule has 0 aromatic carbocycles. The molecule has 1 radical (unpaired) electrons. The van der Waals surface area contributed by atoms with Crippen LogP contribution in [0.25, 0.3) is 0 Å². The molecule has 0 bridgehead atoms. The Morgan fingerprint density at radius 1 is 0.261 bits per heavy atom. The predicted octanol–water partition coefficient (Wildman–Crippen LogP) is 4.99. The first-order chi connectivity index (χ1) is 20.9. The number of aromatic nitrogens is 10. The van der Waals surface area contributed by atoms with Crippen LogP contribution >= 0.6 is 0 Å². The molecule has 0 amide bonds. The van der Waals surface area contributed by atoms with Crippen LogP contribution in [0.1, 0.15) is 56.9 Å². The van der Waals surface area contributed by atoms with Gasteiger partial charge in [-0.15, -0.1) is 0 Å². The number of rotatable bonds is 0. The van der Waals surface area contributed by atoms with Gasteiger partial charge in [0.25, 0.3) is 0 Å². The number of hydrogen-bond acceptors (Lipinski definition) is 15. The zero-order valence-corrected chi connectivity index (χ0v) is 34.1. The summed E-state index contributed by atoms with van der Waals surface area (Å²) in [6.07, 6.45) is 0. The molecule has 0 aliphatic heterocycles. The minimum atomic E-state index is 0. The van der Waals surface area contributed by atoms with Crippen molar-refractivity contribution in [2.24, 2.45) is 0 Å². The molecule has 5 heterocycles. The first-order valence-corrected chi connectivity index (χ1v) is 15.4. The molecule has 0 atom stereocenters. The van der Waals surface area contributed by atoms with E-state index in [2.05, 4.69) is 49.8 Å². The standard InChI is InChI=1S/5C6H8N2S.Re/c5*1-4-3-5(2)8-6(9)7-4;/h5*3H,1-2H3,(H,7,8,9);/p-5. The summed E-state index contributed by atoms with van der Waals surface area (Å²) in [7, 11) is 0. The van der Waals surface area contributed by atoms with Crippen molar-refractivity contribution < 1.29 is 20.4 Å². The second kappa shape index (κ2) is 21.9. The van der Waals surface area contributed by atoms with Crippen molar-refractivity contribution in [3.63, 3.8) is 0 Å². The summed E-state index contributed by atoms with van der Waals surface area (Å²) in [5.74, 6) is 0. The van der Waals surface area contributed by atoms with Gasteiger partial charge in [-0.2, -0.15) is 0 Å². The van der Waals surface area contributed by atoms with E-state index in [0.29, 0.717) is 25.8 Å². The van der Waals surface area contributed by atoms with E-state index >= 15 is 0 Å². The molecule has 5 rings (SSSR count). The largest absolute Gasteiger partial charge is 0.740 e. The van der Waals surface area contributed by atoms with E-state index < -0.39 is 0 Å². The van der Waals surface area contributed by atoms with Crippen LogP contribution in [0.15, 0.2) is 56.1 Å². The van der Waals surface area contributed by atoms with Crippen LogP contribution in [-0.4, -0.2) is 49.8 Å². The van der Waals surface area contributed by atoms with Crippen molar-refractivity contribution in [3.05, 3.63) is 87.3 Å². The molecular weight excluding hydrogens is 847 g/mol. The van der Waals surface area contributed by atoms with Crippen molar-refractivity contribution in [1.29, 1.82) is 0 Å². The molecule has 16 heteroatoms. The van der Waals surface area contributed by atoms with Crippen molar-refractivity contribution in [2.45, 2.75) is 95.0 Å². The van der Waals surface area contributed by atoms with Gasteiger partial charge in [-0.25, -0.2) is 0 Å². The van der Waals surface area contributed by atoms with Gasteiger partial charge >= 0.3 is 0 Å². The Bertz CT molecular complexity index is 1150. The molecule has 10 nitrogen and oxygen atoms in total. The first-order valence-electron chi connectivity index (χ1n) is 13.4. The van der Waals surface area contributed by atoms with Crippen LogP contribution in [0.4, 0.5) is 0 Å². The fraction of sp³-hybridized carbons (Fsp3) is 0.333. The third kappa shape index (κ3) is 20.3. The summed E-state index contributed by atoms with van der Waals surface area (Å²) in [6.45, 7) is 19.1. The molecule has 0 N–H and O–H groups in total. The van der Waals surface area contributed by atoms with Crippen molar-refractivity contribution in [1.82, 2.24) is 49.8 Å². The summed E-state index contributed by atoms with van der Waals surface area (Å²) in [4.78, 5) is 39.4. The first kappa shape index (κ1) is 43.2. The molecule has 0 aliphatic rings. The Hall–Kier alpha value is -2.84. The van der Waals surface area contributed by atoms with Gasteiger partial charge in [0.1, 0.15) is 0 Å². The van der Waals surface area contributed by atoms with Crippen molar-refractivity contribution >= 4 is 63.1 Å². The van der Waals surface area contributed by atoms with E-state index in [1.54, 1.807) is 0 Å². The average molecular weight is 882 g/mol. The summed E-state index contributed by atoms with van der Waals surface area (Å²) in [6, 6.07) is 9.49. The third-order valence-electron chi connectivity index (χ3n) is 4.81. The van der Waals surface area contributed by atoms with Crippen molar-refractivity contribution in [3.8, 4) is 0 Å². The number of nitrogens with zero attached hydrogens (tertiary/aromatic N) is 10. The molecule has 247 valence electrons. The number of hydrogen-bond donors (Lipinski definition) is 0. The molecule has 0 saturated heterocycles. The average Bonchev–Trinajstić information content (AvgIpc) is 2.81. The molecule has 5 aromatic rings. The van der Waals surface area contributed by atoms with Crippen molar-refractivity contribution in [2.75, 3.05) is 0 Å². The second-order valence-electron chi connectivity index (χ2n) is 9.67. The summed E-state index contributed by atoms with van der Waals surface area (Å²) >= 11 is 23.8. The van der Waals surface area contributed by atoms with Crippen LogP contribution in [0.2, 0.25) is 0 Å². The molecule has 5 aromatic heterocycles. The molecule has 0 fully saturated rings. The summed E-state index contributed by atoms with van der Waals surface area (Å²) < 4.78 is 0. The van der Waals surface area contributed by atoms with Gasteiger partial charge in [-0.3, -0.25) is 49.8 Å². The maximum atomic E-state index is 4.76. The topological polar surface area (TPSA) is 129 Å². The maximum absolute atomic E-state index is 4.76. The Labute approximate surface area is 313 Å². The smallest absolute Gasteiger partial charge is 0.0390 e. The van der Waals surface area contributed by atoms with E-state index in [1.807, 2.05) is 99.6 Å². The Kier molecular flexibility index (Phi) is 20.5. The van der Waals surface area contributed by atoms with Crippen LogP contribution in [-0.2, 0) is 83.6 Å². The van der Waals surface area contributed by atoms with E-state index in [1.165, 1.54) is 0 Å². The minimum Gasteiger partial charge on any atom is -0.740 e. The second-order valence-corrected chi connectivity index (χ2v) is 11.5. The monoisotopic (exact) mass is 882 g/mol. The van der Waals surface area contributed by atoms with E-state index in [-0.39, 0.29) is 20.4 Å². The normalized spacial score (nSPS) is 9.35. The summed E-state index contributed by atoms with van der Waals surface area (Å²) in [5, 5.41) is 2.19. The zero-order valence-electron chi connectivity index (χ0n) is 27.3. The molecular formula is C30H35N10ReS5-5. The Morgan fingerprint density at radius 3 is 0.413 bits per heavy atom. The predicted molar refractivity (Wildman–Crippen MR) is 186 cm³/mol. The fourth-order valence-electron chi connectivity index (χ4n) is 3.47. The van der Waals surface area contributed by atoms with Crippen LogP contribution < -0.4 is 0 Å². The SMILES string of the molecule is Cc1cc(C)nc([S-])n1.Cc1cc(C)nc([S-])n1.Cc1cc(C)nc([S-])n1.Cc1cc(C)nc([S-])n1.Cc1cc(C)nc([S-])n1.[Re]. The van der Waals surface area contributed by atoms with E-state index in [9.17, 15) is 0 Å². The van der Waals surface area contributed by atoms with Crippen LogP contribution in [0.3, 0.4) is 0 Å². The Balaban J connectivity index is 0.000000547. The van der Waals surface area contributed by atoms with Crippen LogP contribution in [0, 0.1) is 69.2 Å². The molecule has 0 aliphatic carbocycles. The van der Waals surface area contributed by atoms with E-state index in [4.69, 9.17) is 63.1 Å².